The van der Waals surface area contributed by atoms with E-state index in [0.29, 0.717) is 11.6 Å². The number of hydrogen-bond donors (Lipinski definition) is 1. The van der Waals surface area contributed by atoms with Crippen LogP contribution in [0.3, 0.4) is 0 Å². The second kappa shape index (κ2) is 8.70. The largest absolute Gasteiger partial charge is 0.497 e. The third-order valence-electron chi connectivity index (χ3n) is 3.66. The van der Waals surface area contributed by atoms with E-state index in [9.17, 15) is 5.26 Å². The van der Waals surface area contributed by atoms with Crippen LogP contribution in [0, 0.1) is 18.3 Å². The maximum Gasteiger partial charge on any atom is 0.210 e. The second-order valence-electron chi connectivity index (χ2n) is 5.66. The summed E-state index contributed by atoms with van der Waals surface area (Å²) < 4.78 is 5.99. The first kappa shape index (κ1) is 18.2. The van der Waals surface area contributed by atoms with Gasteiger partial charge in [0.25, 0.3) is 0 Å². The second-order valence-corrected chi connectivity index (χ2v) is 8.08. The van der Waals surface area contributed by atoms with Crippen LogP contribution in [0.25, 0.3) is 0 Å². The summed E-state index contributed by atoms with van der Waals surface area (Å²) in [4.78, 5) is 0. The third kappa shape index (κ3) is 4.97. The molecule has 1 N–H and O–H groups in total. The van der Waals surface area contributed by atoms with Gasteiger partial charge in [0, 0.05) is 11.8 Å². The van der Waals surface area contributed by atoms with Gasteiger partial charge < -0.3 is 10.1 Å². The van der Waals surface area contributed by atoms with Gasteiger partial charge in [0.1, 0.15) is 11.0 Å². The van der Waals surface area contributed by atoms with Gasteiger partial charge in [0.15, 0.2) is 4.34 Å². The third-order valence-corrected chi connectivity index (χ3v) is 5.67. The molecule has 0 fully saturated rings. The van der Waals surface area contributed by atoms with Crippen molar-refractivity contribution in [2.24, 2.45) is 0 Å². The Morgan fingerprint density at radius 2 is 2.04 bits per heavy atom. The molecule has 0 aliphatic rings. The Hall–Kier alpha value is -2.56. The fourth-order valence-electron chi connectivity index (χ4n) is 2.31. The predicted molar refractivity (Wildman–Crippen MR) is 106 cm³/mol. The number of rotatable bonds is 7. The molecule has 1 unspecified atom stereocenters. The molecule has 132 valence electrons. The Bertz CT molecular complexity index is 902. The van der Waals surface area contributed by atoms with Crippen LogP contribution in [0.1, 0.15) is 11.1 Å². The highest BCUT2D eigenvalue weighted by atomic mass is 32.2. The van der Waals surface area contributed by atoms with E-state index < -0.39 is 0 Å². The molecule has 2 aromatic carbocycles. The minimum Gasteiger partial charge on any atom is -0.497 e. The fraction of sp³-hybridized carbons (Fsp3) is 0.211. The van der Waals surface area contributed by atoms with Gasteiger partial charge in [-0.2, -0.15) is 5.26 Å². The van der Waals surface area contributed by atoms with Crippen molar-refractivity contribution < 1.29 is 4.74 Å². The first-order valence-electron chi connectivity index (χ1n) is 8.02. The molecule has 0 amide bonds. The zero-order valence-electron chi connectivity index (χ0n) is 14.5. The number of aryl methyl sites for hydroxylation is 1. The minimum atomic E-state index is -0.199. The van der Waals surface area contributed by atoms with E-state index in [1.165, 1.54) is 28.7 Å². The molecule has 1 heterocycles. The molecule has 1 atom stereocenters. The van der Waals surface area contributed by atoms with Crippen molar-refractivity contribution in [2.75, 3.05) is 12.4 Å². The first-order valence-corrected chi connectivity index (χ1v) is 9.72. The van der Waals surface area contributed by atoms with Crippen molar-refractivity contribution in [1.29, 1.82) is 5.26 Å². The summed E-state index contributed by atoms with van der Waals surface area (Å²) in [5.74, 6) is 0.775. The molecule has 0 saturated heterocycles. The number of benzene rings is 2. The van der Waals surface area contributed by atoms with Crippen LogP contribution in [0.5, 0.6) is 5.75 Å². The lowest BCUT2D eigenvalue weighted by molar-refractivity contribution is 0.415. The molecule has 1 aromatic heterocycles. The zero-order valence-corrected chi connectivity index (χ0v) is 16.1. The van der Waals surface area contributed by atoms with Crippen molar-refractivity contribution in [1.82, 2.24) is 10.2 Å². The van der Waals surface area contributed by atoms with Gasteiger partial charge in [-0.05, 0) is 31.0 Å². The highest BCUT2D eigenvalue weighted by Gasteiger charge is 2.14. The molecule has 0 bridgehead atoms. The maximum absolute atomic E-state index is 9.46. The summed E-state index contributed by atoms with van der Waals surface area (Å²) >= 11 is 2.88. The van der Waals surface area contributed by atoms with E-state index in [0.717, 1.165) is 21.3 Å². The number of thioether (sulfide) groups is 1. The molecule has 3 aromatic rings. The van der Waals surface area contributed by atoms with Gasteiger partial charge >= 0.3 is 0 Å². The average molecular weight is 383 g/mol. The quantitative estimate of drug-likeness (QED) is 0.590. The average Bonchev–Trinajstić information content (AvgIpc) is 3.10. The lowest BCUT2D eigenvalue weighted by atomic mass is 10.1. The summed E-state index contributed by atoms with van der Waals surface area (Å²) in [5.41, 5.74) is 3.25. The van der Waals surface area contributed by atoms with Crippen molar-refractivity contribution in [3.05, 3.63) is 59.7 Å². The van der Waals surface area contributed by atoms with E-state index in [2.05, 4.69) is 52.8 Å². The van der Waals surface area contributed by atoms with Crippen molar-refractivity contribution in [3.63, 3.8) is 0 Å². The Morgan fingerprint density at radius 3 is 2.77 bits per heavy atom. The van der Waals surface area contributed by atoms with Gasteiger partial charge in [-0.25, -0.2) is 0 Å². The summed E-state index contributed by atoms with van der Waals surface area (Å²) in [5, 5.41) is 21.5. The topological polar surface area (TPSA) is 70.8 Å². The maximum atomic E-state index is 9.46. The standard InChI is InChI=1S/C19H18N4OS2/c1-13-6-8-14(9-7-13)10-17(12-20)25-19-23-22-18(26-19)21-15-4-3-5-16(11-15)24-2/h3-9,11,17H,10H2,1-2H3,(H,21,22). The van der Waals surface area contributed by atoms with Gasteiger partial charge in [-0.3, -0.25) is 0 Å². The highest BCUT2D eigenvalue weighted by molar-refractivity contribution is 8.01. The number of nitrogens with one attached hydrogen (secondary N) is 1. The molecular weight excluding hydrogens is 364 g/mol. The highest BCUT2D eigenvalue weighted by Crippen LogP contribution is 2.32. The van der Waals surface area contributed by atoms with E-state index in [4.69, 9.17) is 4.74 Å². The smallest absolute Gasteiger partial charge is 0.210 e. The summed E-state index contributed by atoms with van der Waals surface area (Å²) in [6.45, 7) is 2.05. The number of aromatic nitrogens is 2. The van der Waals surface area contributed by atoms with E-state index in [1.54, 1.807) is 7.11 Å². The SMILES string of the molecule is COc1cccc(Nc2nnc(SC(C#N)Cc3ccc(C)cc3)s2)c1. The van der Waals surface area contributed by atoms with Gasteiger partial charge in [-0.15, -0.1) is 10.2 Å². The van der Waals surface area contributed by atoms with E-state index in [1.807, 2.05) is 24.3 Å². The molecule has 3 rings (SSSR count). The number of nitrogens with zero attached hydrogens (tertiary/aromatic N) is 3. The van der Waals surface area contributed by atoms with Crippen LogP contribution in [-0.2, 0) is 6.42 Å². The zero-order chi connectivity index (χ0) is 18.4. The molecule has 7 heteroatoms. The van der Waals surface area contributed by atoms with Crippen molar-refractivity contribution >= 4 is 33.9 Å². The van der Waals surface area contributed by atoms with Crippen LogP contribution in [0.15, 0.2) is 52.9 Å². The van der Waals surface area contributed by atoms with Gasteiger partial charge in [0.05, 0.1) is 13.2 Å². The summed E-state index contributed by atoms with van der Waals surface area (Å²) in [6, 6.07) is 18.2. The first-order chi connectivity index (χ1) is 12.7. The number of nitriles is 1. The van der Waals surface area contributed by atoms with Crippen LogP contribution >= 0.6 is 23.1 Å². The Kier molecular flexibility index (Phi) is 6.10. The van der Waals surface area contributed by atoms with Gasteiger partial charge in [-0.1, -0.05) is 59.0 Å². The lowest BCUT2D eigenvalue weighted by Crippen LogP contribution is -2.03. The number of methoxy groups -OCH3 is 1. The molecule has 0 aliphatic heterocycles. The Labute approximate surface area is 161 Å². The number of anilines is 2. The lowest BCUT2D eigenvalue weighted by Gasteiger charge is -2.06. The fourth-order valence-corrected chi connectivity index (χ4v) is 4.24. The molecule has 0 aliphatic carbocycles. The summed E-state index contributed by atoms with van der Waals surface area (Å²) in [7, 11) is 1.63. The molecule has 5 nitrogen and oxygen atoms in total. The van der Waals surface area contributed by atoms with Crippen LogP contribution in [0.4, 0.5) is 10.8 Å². The normalized spacial score (nSPS) is 11.6. The van der Waals surface area contributed by atoms with E-state index in [-0.39, 0.29) is 5.25 Å². The minimum absolute atomic E-state index is 0.199. The van der Waals surface area contributed by atoms with Crippen LogP contribution in [-0.4, -0.2) is 22.6 Å². The monoisotopic (exact) mass is 382 g/mol. The van der Waals surface area contributed by atoms with E-state index >= 15 is 0 Å². The Morgan fingerprint density at radius 1 is 1.23 bits per heavy atom. The Balaban J connectivity index is 1.63. The molecular formula is C19H18N4OS2. The predicted octanol–water partition coefficient (Wildman–Crippen LogP) is 4.83. The van der Waals surface area contributed by atoms with Gasteiger partial charge in [0.2, 0.25) is 5.13 Å². The summed E-state index contributed by atoms with van der Waals surface area (Å²) in [6.07, 6.45) is 0.680. The van der Waals surface area contributed by atoms with Crippen molar-refractivity contribution in [2.45, 2.75) is 22.9 Å². The van der Waals surface area contributed by atoms with Crippen LogP contribution < -0.4 is 10.1 Å². The number of ether oxygens (including phenoxy) is 1. The number of hydrogen-bond acceptors (Lipinski definition) is 7. The molecule has 0 spiro atoms. The molecule has 0 radical (unpaired) electrons. The molecule has 26 heavy (non-hydrogen) atoms. The van der Waals surface area contributed by atoms with Crippen LogP contribution in [0.2, 0.25) is 0 Å². The van der Waals surface area contributed by atoms with Crippen molar-refractivity contribution in [3.8, 4) is 11.8 Å². The molecule has 0 saturated carbocycles.